The quantitative estimate of drug-likeness (QED) is 0.311. The number of hydrogen-bond donors (Lipinski definition) is 0. The first kappa shape index (κ1) is 23.7. The third-order valence-electron chi connectivity index (χ3n) is 0. The van der Waals surface area contributed by atoms with E-state index < -0.39 is 0 Å². The zero-order chi connectivity index (χ0) is 2.00. The van der Waals surface area contributed by atoms with Crippen LogP contribution in [0.15, 0.2) is 0 Å². The van der Waals surface area contributed by atoms with Gasteiger partial charge in [-0.3, -0.25) is 0 Å². The van der Waals surface area contributed by atoms with Crippen LogP contribution in [0.2, 0.25) is 0 Å². The Balaban J connectivity index is -0.00000000167. The van der Waals surface area contributed by atoms with E-state index in [-0.39, 0.29) is 105 Å². The molecule has 0 aromatic heterocycles. The molecule has 0 rings (SSSR count). The van der Waals surface area contributed by atoms with Gasteiger partial charge >= 0.3 is 105 Å². The molecule has 0 radical (unpaired) electrons. The summed E-state index contributed by atoms with van der Waals surface area (Å²) in [5, 5.41) is 0. The molecule has 0 bridgehead atoms. The molecule has 0 amide bonds. The van der Waals surface area contributed by atoms with Gasteiger partial charge in [0.1, 0.15) is 0 Å². The van der Waals surface area contributed by atoms with E-state index in [0.717, 1.165) is 0 Å². The fraction of sp³-hybridized carbons (Fsp3) is 0. The van der Waals surface area contributed by atoms with E-state index in [4.69, 9.17) is 0 Å². The van der Waals surface area contributed by atoms with Crippen molar-refractivity contribution in [2.24, 2.45) is 0 Å². The van der Waals surface area contributed by atoms with Gasteiger partial charge in [0.25, 0.3) is 0 Å². The fourth-order valence-corrected chi connectivity index (χ4v) is 0. The first-order chi connectivity index (χ1) is 1.00. The van der Waals surface area contributed by atoms with E-state index in [1.54, 1.807) is 0 Å². The second-order valence-corrected chi connectivity index (χ2v) is 0. The van der Waals surface area contributed by atoms with Gasteiger partial charge in [0.15, 0.2) is 0 Å². The van der Waals surface area contributed by atoms with E-state index in [9.17, 15) is 3.52 Å². The summed E-state index contributed by atoms with van der Waals surface area (Å²) in [6.07, 6.45) is 0. The summed E-state index contributed by atoms with van der Waals surface area (Å²) in [5.41, 5.74) is 0. The summed E-state index contributed by atoms with van der Waals surface area (Å²) in [5.74, 6) is 0. The summed E-state index contributed by atoms with van der Waals surface area (Å²) >= 11 is -0.194. The van der Waals surface area contributed by atoms with Gasteiger partial charge in [0.05, 0.1) is 0 Å². The minimum atomic E-state index is -0.194. The van der Waals surface area contributed by atoms with Gasteiger partial charge in [-0.1, -0.05) is 0 Å². The van der Waals surface area contributed by atoms with Crippen molar-refractivity contribution in [1.82, 2.24) is 0 Å². The maximum absolute atomic E-state index is 9.64. The summed E-state index contributed by atoms with van der Waals surface area (Å²) in [4.78, 5) is 0. The predicted molar refractivity (Wildman–Crippen MR) is 31.1 cm³/mol. The Morgan fingerprint density at radius 2 is 0.800 bits per heavy atom. The van der Waals surface area contributed by atoms with Crippen LogP contribution in [0.3, 0.4) is 0 Å². The molecule has 0 aromatic carbocycles. The van der Waals surface area contributed by atoms with Crippen molar-refractivity contribution in [2.45, 2.75) is 0 Å². The molecular formula is H5AlFNa3. The van der Waals surface area contributed by atoms with Gasteiger partial charge in [-0.25, -0.2) is 0 Å². The Hall–Kier alpha value is 3.46. The van der Waals surface area contributed by atoms with E-state index >= 15 is 0 Å². The van der Waals surface area contributed by atoms with Crippen LogP contribution in [-0.4, -0.2) is 105 Å². The normalized spacial score (nSPS) is 1.00. The first-order valence-corrected chi connectivity index (χ1v) is 1.13. The van der Waals surface area contributed by atoms with Crippen molar-refractivity contribution in [3.8, 4) is 0 Å². The molecule has 5 heteroatoms. The summed E-state index contributed by atoms with van der Waals surface area (Å²) in [7, 11) is 0. The molecule has 0 spiro atoms. The second-order valence-electron chi connectivity index (χ2n) is 0. The van der Waals surface area contributed by atoms with Gasteiger partial charge in [0, 0.05) is 0 Å². The van der Waals surface area contributed by atoms with Crippen LogP contribution in [0, 0.1) is 0 Å². The Bertz CT molecular complexity index is 6.85. The standard InChI is InChI=1S/Al.FH.3Na.5H/h;1H;;;;;;;;/q+1;;;;;;;;;/p-1. The van der Waals surface area contributed by atoms with E-state index in [1.807, 2.05) is 0 Å². The molecule has 0 nitrogen and oxygen atoms in total. The molecule has 0 saturated heterocycles. The van der Waals surface area contributed by atoms with Crippen molar-refractivity contribution in [3.05, 3.63) is 0 Å². The van der Waals surface area contributed by atoms with Crippen LogP contribution in [0.1, 0.15) is 0 Å². The minimum absolute atomic E-state index is 0. The molecular weight excluding hydrogens is 115 g/mol. The Morgan fingerprint density at radius 3 is 0.800 bits per heavy atom. The van der Waals surface area contributed by atoms with Crippen molar-refractivity contribution < 1.29 is 3.52 Å². The summed E-state index contributed by atoms with van der Waals surface area (Å²) in [6.45, 7) is 0. The van der Waals surface area contributed by atoms with Crippen LogP contribution >= 0.6 is 0 Å². The zero-order valence-corrected chi connectivity index (χ0v) is 3.38. The average molecular weight is 120 g/mol. The van der Waals surface area contributed by atoms with Crippen LogP contribution in [0.4, 0.5) is 3.52 Å². The maximum atomic E-state index is 9.64. The van der Waals surface area contributed by atoms with Crippen LogP contribution in [0.25, 0.3) is 0 Å². The van der Waals surface area contributed by atoms with Crippen molar-refractivity contribution in [3.63, 3.8) is 0 Å². The third kappa shape index (κ3) is 18.6. The van der Waals surface area contributed by atoms with Crippen molar-refractivity contribution >= 4 is 105 Å². The van der Waals surface area contributed by atoms with Gasteiger partial charge in [-0.15, -0.1) is 0 Å². The average Bonchev–Trinajstić information content (AvgIpc) is 1.00. The molecule has 0 aliphatic heterocycles. The second kappa shape index (κ2) is 26.0. The van der Waals surface area contributed by atoms with Crippen molar-refractivity contribution in [1.29, 1.82) is 0 Å². The molecule has 18 valence electrons. The molecule has 0 aliphatic carbocycles. The van der Waals surface area contributed by atoms with Crippen molar-refractivity contribution in [2.75, 3.05) is 0 Å². The molecule has 5 heavy (non-hydrogen) atoms. The number of hydrogen-bond acceptors (Lipinski definition) is 0. The third-order valence-corrected chi connectivity index (χ3v) is 0. The molecule has 0 N–H and O–H groups in total. The summed E-state index contributed by atoms with van der Waals surface area (Å²) in [6, 6.07) is 0. The van der Waals surface area contributed by atoms with E-state index in [2.05, 4.69) is 0 Å². The predicted octanol–water partition coefficient (Wildman–Crippen LogP) is -2.44. The van der Waals surface area contributed by atoms with Gasteiger partial charge < -0.3 is 3.52 Å². The first-order valence-electron chi connectivity index (χ1n) is 0.378. The van der Waals surface area contributed by atoms with E-state index in [0.29, 0.717) is 0 Å². The summed E-state index contributed by atoms with van der Waals surface area (Å²) < 4.78 is 9.64. The Kier molecular flexibility index (Phi) is 123. The molecule has 0 aliphatic rings. The molecule has 0 unspecified atom stereocenters. The Morgan fingerprint density at radius 1 is 0.800 bits per heavy atom. The molecule has 0 fully saturated rings. The van der Waals surface area contributed by atoms with Gasteiger partial charge in [0.2, 0.25) is 0 Å². The fourth-order valence-electron chi connectivity index (χ4n) is 0. The molecule has 0 atom stereocenters. The Labute approximate surface area is 106 Å². The van der Waals surface area contributed by atoms with Gasteiger partial charge in [-0.2, -0.15) is 0 Å². The molecule has 0 heterocycles. The monoisotopic (exact) mass is 120 g/mol. The zero-order valence-electron chi connectivity index (χ0n) is 1.38. The topological polar surface area (TPSA) is 0 Å². The van der Waals surface area contributed by atoms with Gasteiger partial charge in [-0.05, 0) is 0 Å². The number of rotatable bonds is 0. The number of halogens is 1. The van der Waals surface area contributed by atoms with Crippen LogP contribution in [-0.2, 0) is 0 Å². The molecule has 0 aromatic rings. The molecule has 0 saturated carbocycles. The van der Waals surface area contributed by atoms with Crippen LogP contribution < -0.4 is 0 Å². The van der Waals surface area contributed by atoms with Crippen LogP contribution in [0.5, 0.6) is 0 Å². The SMILES string of the molecule is [F][AlH2].[NaH].[NaH].[NaH]. The van der Waals surface area contributed by atoms with E-state index in [1.165, 1.54) is 0 Å².